The van der Waals surface area contributed by atoms with Crippen molar-refractivity contribution < 1.29 is 17.9 Å². The van der Waals surface area contributed by atoms with E-state index in [1.54, 1.807) is 0 Å². The SMILES string of the molecule is COCCNc1nc(N)n(-c2cc(F)c(F)cc2F)n1. The molecule has 1 aromatic heterocycles. The second kappa shape index (κ2) is 5.78. The number of hydrogen-bond donors (Lipinski definition) is 2. The molecule has 0 aliphatic carbocycles. The summed E-state index contributed by atoms with van der Waals surface area (Å²) in [6.07, 6.45) is 0. The van der Waals surface area contributed by atoms with Crippen LogP contribution in [-0.2, 0) is 4.74 Å². The van der Waals surface area contributed by atoms with Crippen molar-refractivity contribution in [3.8, 4) is 5.69 Å². The van der Waals surface area contributed by atoms with E-state index in [1.807, 2.05) is 0 Å². The number of anilines is 2. The van der Waals surface area contributed by atoms with Crippen molar-refractivity contribution in [2.45, 2.75) is 0 Å². The number of nitrogens with two attached hydrogens (primary N) is 1. The van der Waals surface area contributed by atoms with E-state index in [2.05, 4.69) is 15.4 Å². The fraction of sp³-hybridized carbons (Fsp3) is 0.273. The minimum absolute atomic E-state index is 0.128. The number of halogens is 3. The Morgan fingerprint density at radius 1 is 1.25 bits per heavy atom. The van der Waals surface area contributed by atoms with E-state index in [1.165, 1.54) is 7.11 Å². The number of aromatic nitrogens is 3. The zero-order chi connectivity index (χ0) is 14.7. The van der Waals surface area contributed by atoms with Gasteiger partial charge in [-0.2, -0.15) is 9.67 Å². The molecule has 2 rings (SSSR count). The maximum atomic E-state index is 13.6. The molecule has 0 bridgehead atoms. The molecule has 1 aromatic carbocycles. The quantitative estimate of drug-likeness (QED) is 0.640. The lowest BCUT2D eigenvalue weighted by atomic mass is 10.3. The first-order valence-corrected chi connectivity index (χ1v) is 5.63. The predicted octanol–water partition coefficient (Wildman–Crippen LogP) is 1.33. The van der Waals surface area contributed by atoms with Crippen LogP contribution >= 0.6 is 0 Å². The van der Waals surface area contributed by atoms with Crippen LogP contribution in [0.4, 0.5) is 25.1 Å². The van der Waals surface area contributed by atoms with Gasteiger partial charge in [0.1, 0.15) is 5.69 Å². The smallest absolute Gasteiger partial charge is 0.244 e. The average Bonchev–Trinajstić information content (AvgIpc) is 2.75. The first-order valence-electron chi connectivity index (χ1n) is 5.63. The lowest BCUT2D eigenvalue weighted by molar-refractivity contribution is 0.210. The molecule has 20 heavy (non-hydrogen) atoms. The Labute approximate surface area is 112 Å². The summed E-state index contributed by atoms with van der Waals surface area (Å²) in [6, 6.07) is 1.08. The number of nitrogen functional groups attached to an aromatic ring is 1. The van der Waals surface area contributed by atoms with E-state index in [0.717, 1.165) is 4.68 Å². The van der Waals surface area contributed by atoms with Gasteiger partial charge in [-0.05, 0) is 0 Å². The second-order valence-corrected chi connectivity index (χ2v) is 3.84. The molecule has 0 atom stereocenters. The molecule has 3 N–H and O–H groups in total. The van der Waals surface area contributed by atoms with Crippen LogP contribution < -0.4 is 11.1 Å². The molecule has 0 radical (unpaired) electrons. The van der Waals surface area contributed by atoms with Gasteiger partial charge in [-0.15, -0.1) is 5.10 Å². The monoisotopic (exact) mass is 287 g/mol. The molecular weight excluding hydrogens is 275 g/mol. The van der Waals surface area contributed by atoms with Gasteiger partial charge in [0.2, 0.25) is 11.9 Å². The molecule has 0 fully saturated rings. The van der Waals surface area contributed by atoms with Crippen molar-refractivity contribution in [2.75, 3.05) is 31.3 Å². The molecule has 0 amide bonds. The molecule has 2 aromatic rings. The van der Waals surface area contributed by atoms with Gasteiger partial charge in [-0.3, -0.25) is 0 Å². The highest BCUT2D eigenvalue weighted by molar-refractivity contribution is 5.43. The summed E-state index contributed by atoms with van der Waals surface area (Å²) in [5.41, 5.74) is 5.24. The van der Waals surface area contributed by atoms with Crippen molar-refractivity contribution in [3.63, 3.8) is 0 Å². The van der Waals surface area contributed by atoms with Gasteiger partial charge < -0.3 is 15.8 Å². The summed E-state index contributed by atoms with van der Waals surface area (Å²) in [5, 5.41) is 6.65. The van der Waals surface area contributed by atoms with Crippen LogP contribution in [-0.4, -0.2) is 35.0 Å². The molecule has 0 unspecified atom stereocenters. The minimum Gasteiger partial charge on any atom is -0.383 e. The van der Waals surface area contributed by atoms with Gasteiger partial charge in [0.05, 0.1) is 6.61 Å². The van der Waals surface area contributed by atoms with Gasteiger partial charge in [0, 0.05) is 25.8 Å². The van der Waals surface area contributed by atoms with Crippen molar-refractivity contribution in [1.82, 2.24) is 14.8 Å². The topological polar surface area (TPSA) is 78.0 Å². The number of rotatable bonds is 5. The zero-order valence-corrected chi connectivity index (χ0v) is 10.5. The average molecular weight is 287 g/mol. The predicted molar refractivity (Wildman–Crippen MR) is 66.0 cm³/mol. The van der Waals surface area contributed by atoms with Crippen LogP contribution in [0.15, 0.2) is 12.1 Å². The van der Waals surface area contributed by atoms with Crippen LogP contribution in [0.5, 0.6) is 0 Å². The standard InChI is InChI=1S/C11H12F3N5O/c1-20-3-2-16-11-17-10(15)19(18-11)9-5-7(13)6(12)4-8(9)14/h4-5H,2-3H2,1H3,(H3,15,16,17,18). The lowest BCUT2D eigenvalue weighted by Gasteiger charge is -2.04. The second-order valence-electron chi connectivity index (χ2n) is 3.84. The Morgan fingerprint density at radius 2 is 1.95 bits per heavy atom. The highest BCUT2D eigenvalue weighted by atomic mass is 19.2. The molecule has 0 saturated carbocycles. The Bertz CT molecular complexity index is 616. The number of hydrogen-bond acceptors (Lipinski definition) is 5. The number of benzene rings is 1. The Balaban J connectivity index is 2.31. The summed E-state index contributed by atoms with van der Waals surface area (Å²) >= 11 is 0. The van der Waals surface area contributed by atoms with E-state index in [9.17, 15) is 13.2 Å². The van der Waals surface area contributed by atoms with E-state index in [0.29, 0.717) is 25.3 Å². The van der Waals surface area contributed by atoms with Gasteiger partial charge in [0.15, 0.2) is 17.5 Å². The van der Waals surface area contributed by atoms with Crippen molar-refractivity contribution in [1.29, 1.82) is 0 Å². The van der Waals surface area contributed by atoms with E-state index in [-0.39, 0.29) is 17.6 Å². The van der Waals surface area contributed by atoms with Crippen LogP contribution in [0.3, 0.4) is 0 Å². The number of nitrogens with zero attached hydrogens (tertiary/aromatic N) is 3. The molecule has 1 heterocycles. The third kappa shape index (κ3) is 2.82. The van der Waals surface area contributed by atoms with Gasteiger partial charge >= 0.3 is 0 Å². The number of methoxy groups -OCH3 is 1. The Morgan fingerprint density at radius 3 is 2.65 bits per heavy atom. The van der Waals surface area contributed by atoms with Crippen molar-refractivity contribution in [3.05, 3.63) is 29.6 Å². The summed E-state index contributed by atoms with van der Waals surface area (Å²) in [6.45, 7) is 0.828. The van der Waals surface area contributed by atoms with Crippen LogP contribution in [0.25, 0.3) is 5.69 Å². The Hall–Kier alpha value is -2.29. The normalized spacial score (nSPS) is 10.8. The molecular formula is C11H12F3N5O. The molecule has 0 saturated heterocycles. The summed E-state index contributed by atoms with van der Waals surface area (Å²) < 4.78 is 45.4. The van der Waals surface area contributed by atoms with Crippen molar-refractivity contribution in [2.24, 2.45) is 0 Å². The highest BCUT2D eigenvalue weighted by Gasteiger charge is 2.16. The Kier molecular flexibility index (Phi) is 4.08. The first kappa shape index (κ1) is 14.1. The van der Waals surface area contributed by atoms with Crippen LogP contribution in [0.2, 0.25) is 0 Å². The first-order chi connectivity index (χ1) is 9.52. The van der Waals surface area contributed by atoms with Gasteiger partial charge in [-0.25, -0.2) is 13.2 Å². The largest absolute Gasteiger partial charge is 0.383 e. The lowest BCUT2D eigenvalue weighted by Crippen LogP contribution is -2.09. The highest BCUT2D eigenvalue weighted by Crippen LogP contribution is 2.20. The fourth-order valence-corrected chi connectivity index (χ4v) is 1.52. The fourth-order valence-electron chi connectivity index (χ4n) is 1.52. The summed E-state index contributed by atoms with van der Waals surface area (Å²) in [7, 11) is 1.53. The molecule has 6 nitrogen and oxygen atoms in total. The van der Waals surface area contributed by atoms with Gasteiger partial charge in [-0.1, -0.05) is 0 Å². The molecule has 0 spiro atoms. The summed E-state index contributed by atoms with van der Waals surface area (Å²) in [4.78, 5) is 3.83. The van der Waals surface area contributed by atoms with E-state index >= 15 is 0 Å². The van der Waals surface area contributed by atoms with Crippen LogP contribution in [0, 0.1) is 17.5 Å². The molecule has 0 aliphatic rings. The van der Waals surface area contributed by atoms with Gasteiger partial charge in [0.25, 0.3) is 0 Å². The van der Waals surface area contributed by atoms with E-state index in [4.69, 9.17) is 10.5 Å². The molecule has 9 heteroatoms. The minimum atomic E-state index is -1.29. The van der Waals surface area contributed by atoms with Crippen LogP contribution in [0.1, 0.15) is 0 Å². The molecule has 0 aliphatic heterocycles. The molecule has 108 valence electrons. The third-order valence-electron chi connectivity index (χ3n) is 2.44. The maximum absolute atomic E-state index is 13.6. The van der Waals surface area contributed by atoms with E-state index < -0.39 is 17.5 Å². The van der Waals surface area contributed by atoms with Crippen molar-refractivity contribution >= 4 is 11.9 Å². The zero-order valence-electron chi connectivity index (χ0n) is 10.5. The third-order valence-corrected chi connectivity index (χ3v) is 2.44. The number of nitrogens with one attached hydrogen (secondary N) is 1. The summed E-state index contributed by atoms with van der Waals surface area (Å²) in [5.74, 6) is -3.52. The number of ether oxygens (including phenoxy) is 1. The maximum Gasteiger partial charge on any atom is 0.244 e.